The highest BCUT2D eigenvalue weighted by Gasteiger charge is 2.04. The molecular formula is C12H14FNO. The van der Waals surface area contributed by atoms with Crippen LogP contribution in [0, 0.1) is 23.1 Å². The van der Waals surface area contributed by atoms with E-state index in [0.717, 1.165) is 0 Å². The number of benzene rings is 1. The summed E-state index contributed by atoms with van der Waals surface area (Å²) >= 11 is 0. The van der Waals surface area contributed by atoms with Crippen LogP contribution in [0.25, 0.3) is 0 Å². The predicted octanol–water partition coefficient (Wildman–Crippen LogP) is 2.87. The fourth-order valence-corrected chi connectivity index (χ4v) is 1.14. The van der Waals surface area contributed by atoms with E-state index in [2.05, 4.69) is 0 Å². The number of halogens is 1. The minimum Gasteiger partial charge on any atom is -0.376 e. The molecule has 0 amide bonds. The lowest BCUT2D eigenvalue weighted by Gasteiger charge is -2.07. The van der Waals surface area contributed by atoms with Crippen LogP contribution in [0.5, 0.6) is 0 Å². The molecule has 0 saturated heterocycles. The molecule has 0 unspecified atom stereocenters. The van der Waals surface area contributed by atoms with Crippen LogP contribution >= 0.6 is 0 Å². The first-order valence-electron chi connectivity index (χ1n) is 4.89. The normalized spacial score (nSPS) is 10.3. The average Bonchev–Trinajstić information content (AvgIpc) is 2.20. The highest BCUT2D eigenvalue weighted by Crippen LogP contribution is 2.11. The van der Waals surface area contributed by atoms with E-state index in [4.69, 9.17) is 10.00 Å². The van der Waals surface area contributed by atoms with Crippen molar-refractivity contribution in [2.75, 3.05) is 6.61 Å². The maximum atomic E-state index is 13.3. The first-order chi connectivity index (χ1) is 7.13. The molecular weight excluding hydrogens is 193 g/mol. The zero-order chi connectivity index (χ0) is 11.3. The van der Waals surface area contributed by atoms with Gasteiger partial charge >= 0.3 is 0 Å². The van der Waals surface area contributed by atoms with Crippen molar-refractivity contribution >= 4 is 0 Å². The largest absolute Gasteiger partial charge is 0.376 e. The van der Waals surface area contributed by atoms with E-state index in [9.17, 15) is 4.39 Å². The Morgan fingerprint density at radius 2 is 2.20 bits per heavy atom. The van der Waals surface area contributed by atoms with Gasteiger partial charge in [0.1, 0.15) is 5.82 Å². The molecule has 0 heterocycles. The summed E-state index contributed by atoms with van der Waals surface area (Å²) in [6.07, 6.45) is 0. The van der Waals surface area contributed by atoms with Gasteiger partial charge in [0.2, 0.25) is 0 Å². The van der Waals surface area contributed by atoms with Gasteiger partial charge in [-0.3, -0.25) is 0 Å². The van der Waals surface area contributed by atoms with Crippen molar-refractivity contribution in [1.82, 2.24) is 0 Å². The summed E-state index contributed by atoms with van der Waals surface area (Å²) in [4.78, 5) is 0. The van der Waals surface area contributed by atoms with Crippen LogP contribution in [-0.2, 0) is 11.3 Å². The minimum atomic E-state index is -0.377. The Bertz CT molecular complexity index is 368. The highest BCUT2D eigenvalue weighted by molar-refractivity contribution is 5.32. The van der Waals surface area contributed by atoms with Crippen LogP contribution in [0.4, 0.5) is 4.39 Å². The molecule has 0 N–H and O–H groups in total. The summed E-state index contributed by atoms with van der Waals surface area (Å²) in [7, 11) is 0. The van der Waals surface area contributed by atoms with E-state index in [-0.39, 0.29) is 12.4 Å². The Kier molecular flexibility index (Phi) is 4.26. The molecule has 0 spiro atoms. The van der Waals surface area contributed by atoms with E-state index in [1.165, 1.54) is 6.07 Å². The lowest BCUT2D eigenvalue weighted by atomic mass is 10.1. The second-order valence-electron chi connectivity index (χ2n) is 3.83. The van der Waals surface area contributed by atoms with Crippen molar-refractivity contribution < 1.29 is 9.13 Å². The van der Waals surface area contributed by atoms with Crippen LogP contribution in [0.1, 0.15) is 25.0 Å². The van der Waals surface area contributed by atoms with E-state index in [1.54, 1.807) is 12.1 Å². The smallest absolute Gasteiger partial charge is 0.130 e. The van der Waals surface area contributed by atoms with Crippen molar-refractivity contribution in [3.63, 3.8) is 0 Å². The molecule has 1 aromatic rings. The Balaban J connectivity index is 2.59. The Morgan fingerprint density at radius 3 is 2.73 bits per heavy atom. The summed E-state index contributed by atoms with van der Waals surface area (Å²) in [5.41, 5.74) is 0.828. The third-order valence-corrected chi connectivity index (χ3v) is 1.89. The van der Waals surface area contributed by atoms with Crippen molar-refractivity contribution in [2.45, 2.75) is 20.5 Å². The molecule has 0 fully saturated rings. The second kappa shape index (κ2) is 5.47. The van der Waals surface area contributed by atoms with Crippen molar-refractivity contribution in [1.29, 1.82) is 5.26 Å². The first-order valence-corrected chi connectivity index (χ1v) is 4.89. The quantitative estimate of drug-likeness (QED) is 0.760. The van der Waals surface area contributed by atoms with E-state index in [0.29, 0.717) is 23.7 Å². The number of hydrogen-bond donors (Lipinski definition) is 0. The third-order valence-electron chi connectivity index (χ3n) is 1.89. The molecule has 0 bridgehead atoms. The zero-order valence-corrected chi connectivity index (χ0v) is 8.96. The van der Waals surface area contributed by atoms with Crippen LogP contribution in [0.2, 0.25) is 0 Å². The average molecular weight is 207 g/mol. The van der Waals surface area contributed by atoms with Gasteiger partial charge in [-0.25, -0.2) is 4.39 Å². The molecule has 0 aromatic heterocycles. The summed E-state index contributed by atoms with van der Waals surface area (Å²) in [5, 5.41) is 8.55. The highest BCUT2D eigenvalue weighted by atomic mass is 19.1. The summed E-state index contributed by atoms with van der Waals surface area (Å²) in [6, 6.07) is 6.30. The van der Waals surface area contributed by atoms with Crippen LogP contribution < -0.4 is 0 Å². The van der Waals surface area contributed by atoms with E-state index in [1.807, 2.05) is 19.9 Å². The first kappa shape index (κ1) is 11.7. The number of hydrogen-bond acceptors (Lipinski definition) is 2. The van der Waals surface area contributed by atoms with Crippen molar-refractivity contribution in [2.24, 2.45) is 5.92 Å². The molecule has 1 aromatic carbocycles. The van der Waals surface area contributed by atoms with Gasteiger partial charge in [0.05, 0.1) is 18.2 Å². The molecule has 1 rings (SSSR count). The zero-order valence-electron chi connectivity index (χ0n) is 8.96. The monoisotopic (exact) mass is 207 g/mol. The van der Waals surface area contributed by atoms with E-state index < -0.39 is 0 Å². The molecule has 3 heteroatoms. The van der Waals surface area contributed by atoms with Crippen LogP contribution in [-0.4, -0.2) is 6.61 Å². The Morgan fingerprint density at radius 1 is 1.47 bits per heavy atom. The van der Waals surface area contributed by atoms with Gasteiger partial charge in [0, 0.05) is 12.2 Å². The number of rotatable bonds is 4. The van der Waals surface area contributed by atoms with E-state index >= 15 is 0 Å². The summed E-state index contributed by atoms with van der Waals surface area (Å²) in [5.74, 6) is 0.0595. The molecule has 0 aliphatic heterocycles. The predicted molar refractivity (Wildman–Crippen MR) is 55.6 cm³/mol. The minimum absolute atomic E-state index is 0.260. The number of ether oxygens (including phenoxy) is 1. The fraction of sp³-hybridized carbons (Fsp3) is 0.417. The molecule has 0 aliphatic rings. The summed E-state index contributed by atoms with van der Waals surface area (Å²) in [6.45, 7) is 4.94. The lowest BCUT2D eigenvalue weighted by molar-refractivity contribution is 0.0950. The summed E-state index contributed by atoms with van der Waals surface area (Å²) < 4.78 is 18.6. The van der Waals surface area contributed by atoms with Gasteiger partial charge < -0.3 is 4.74 Å². The van der Waals surface area contributed by atoms with Crippen LogP contribution in [0.3, 0.4) is 0 Å². The second-order valence-corrected chi connectivity index (χ2v) is 3.83. The molecule has 0 radical (unpaired) electrons. The lowest BCUT2D eigenvalue weighted by Crippen LogP contribution is -2.03. The van der Waals surface area contributed by atoms with Gasteiger partial charge in [-0.05, 0) is 18.1 Å². The molecule has 0 aliphatic carbocycles. The van der Waals surface area contributed by atoms with Gasteiger partial charge in [-0.1, -0.05) is 19.9 Å². The Hall–Kier alpha value is -1.40. The van der Waals surface area contributed by atoms with Gasteiger partial charge in [0.25, 0.3) is 0 Å². The third kappa shape index (κ3) is 3.69. The SMILES string of the molecule is CC(C)COCc1ccc(C#N)cc1F. The molecule has 15 heavy (non-hydrogen) atoms. The number of nitrogens with zero attached hydrogens (tertiary/aromatic N) is 1. The van der Waals surface area contributed by atoms with Crippen LogP contribution in [0.15, 0.2) is 18.2 Å². The molecule has 0 atom stereocenters. The van der Waals surface area contributed by atoms with Gasteiger partial charge in [0.15, 0.2) is 0 Å². The van der Waals surface area contributed by atoms with Crippen molar-refractivity contribution in [3.8, 4) is 6.07 Å². The molecule has 80 valence electrons. The Labute approximate surface area is 89.3 Å². The molecule has 0 saturated carbocycles. The van der Waals surface area contributed by atoms with Gasteiger partial charge in [-0.15, -0.1) is 0 Å². The molecule has 2 nitrogen and oxygen atoms in total. The number of nitriles is 1. The maximum Gasteiger partial charge on any atom is 0.130 e. The van der Waals surface area contributed by atoms with Crippen molar-refractivity contribution in [3.05, 3.63) is 35.1 Å². The fourth-order valence-electron chi connectivity index (χ4n) is 1.14. The van der Waals surface area contributed by atoms with Gasteiger partial charge in [-0.2, -0.15) is 5.26 Å². The maximum absolute atomic E-state index is 13.3. The standard InChI is InChI=1S/C12H14FNO/c1-9(2)7-15-8-11-4-3-10(6-14)5-12(11)13/h3-5,9H,7-8H2,1-2H3. The topological polar surface area (TPSA) is 33.0 Å².